The summed E-state index contributed by atoms with van der Waals surface area (Å²) < 4.78 is 5.50. The van der Waals surface area contributed by atoms with E-state index in [0.717, 1.165) is 44.9 Å². The highest BCUT2D eigenvalue weighted by atomic mass is 16.5. The predicted octanol–water partition coefficient (Wildman–Crippen LogP) is 23.3. The van der Waals surface area contributed by atoms with Gasteiger partial charge in [-0.25, -0.2) is 0 Å². The summed E-state index contributed by atoms with van der Waals surface area (Å²) in [5, 5.41) is 23.4. The molecular formula is C73H141NO5. The molecule has 0 fully saturated rings. The van der Waals surface area contributed by atoms with Crippen LogP contribution in [0.4, 0.5) is 0 Å². The van der Waals surface area contributed by atoms with Crippen LogP contribution in [0, 0.1) is 0 Å². The van der Waals surface area contributed by atoms with E-state index in [-0.39, 0.29) is 18.5 Å². The topological polar surface area (TPSA) is 95.9 Å². The summed E-state index contributed by atoms with van der Waals surface area (Å²) in [5.74, 6) is -0.0209. The fourth-order valence-corrected chi connectivity index (χ4v) is 11.5. The fraction of sp³-hybridized carbons (Fsp3) is 0.918. The van der Waals surface area contributed by atoms with Crippen molar-refractivity contribution in [3.63, 3.8) is 0 Å². The summed E-state index contributed by atoms with van der Waals surface area (Å²) in [6.07, 6.45) is 86.5. The molecule has 0 bridgehead atoms. The minimum Gasteiger partial charge on any atom is -0.466 e. The Balaban J connectivity index is 3.38. The molecule has 2 atom stereocenters. The minimum absolute atomic E-state index is 0.0119. The zero-order valence-electron chi connectivity index (χ0n) is 53.6. The van der Waals surface area contributed by atoms with Crippen LogP contribution in [0.15, 0.2) is 24.3 Å². The molecule has 0 aliphatic rings. The molecule has 2 unspecified atom stereocenters. The maximum absolute atomic E-state index is 12.5. The highest BCUT2D eigenvalue weighted by Gasteiger charge is 2.20. The molecule has 0 aromatic rings. The van der Waals surface area contributed by atoms with Crippen molar-refractivity contribution in [2.75, 3.05) is 13.2 Å². The van der Waals surface area contributed by atoms with E-state index in [0.29, 0.717) is 25.9 Å². The number of allylic oxidation sites excluding steroid dienone is 4. The summed E-state index contributed by atoms with van der Waals surface area (Å²) in [6.45, 7) is 4.99. The Labute approximate surface area is 494 Å². The Morgan fingerprint density at radius 2 is 0.595 bits per heavy atom. The number of aliphatic hydroxyl groups is 2. The van der Waals surface area contributed by atoms with E-state index in [1.165, 1.54) is 327 Å². The summed E-state index contributed by atoms with van der Waals surface area (Å²) in [7, 11) is 0. The molecule has 0 saturated carbocycles. The molecule has 0 aromatic heterocycles. The lowest BCUT2D eigenvalue weighted by atomic mass is 10.0. The van der Waals surface area contributed by atoms with Gasteiger partial charge < -0.3 is 20.3 Å². The smallest absolute Gasteiger partial charge is 0.305 e. The van der Waals surface area contributed by atoms with Gasteiger partial charge in [0.15, 0.2) is 0 Å². The van der Waals surface area contributed by atoms with E-state index in [1.807, 2.05) is 0 Å². The highest BCUT2D eigenvalue weighted by molar-refractivity contribution is 5.76. The number of carbonyl (C=O) groups is 2. The van der Waals surface area contributed by atoms with Gasteiger partial charge in [0.1, 0.15) is 0 Å². The van der Waals surface area contributed by atoms with Crippen molar-refractivity contribution in [1.29, 1.82) is 0 Å². The molecule has 0 saturated heterocycles. The molecule has 0 aliphatic heterocycles. The van der Waals surface area contributed by atoms with E-state index in [4.69, 9.17) is 4.74 Å². The zero-order chi connectivity index (χ0) is 57.1. The summed E-state index contributed by atoms with van der Waals surface area (Å²) in [4.78, 5) is 24.6. The predicted molar refractivity (Wildman–Crippen MR) is 347 cm³/mol. The quantitative estimate of drug-likeness (QED) is 0.0320. The molecule has 0 aliphatic carbocycles. The van der Waals surface area contributed by atoms with Gasteiger partial charge in [0.25, 0.3) is 0 Å². The van der Waals surface area contributed by atoms with E-state index < -0.39 is 12.1 Å². The molecule has 0 radical (unpaired) electrons. The number of hydrogen-bond acceptors (Lipinski definition) is 5. The number of unbranched alkanes of at least 4 members (excludes halogenated alkanes) is 53. The zero-order valence-corrected chi connectivity index (χ0v) is 53.6. The number of ether oxygens (including phenoxy) is 1. The van der Waals surface area contributed by atoms with Gasteiger partial charge in [0.05, 0.1) is 25.4 Å². The molecule has 0 aromatic carbocycles. The van der Waals surface area contributed by atoms with Crippen LogP contribution >= 0.6 is 0 Å². The van der Waals surface area contributed by atoms with Crippen LogP contribution in [-0.4, -0.2) is 47.4 Å². The molecule has 6 nitrogen and oxygen atoms in total. The maximum Gasteiger partial charge on any atom is 0.305 e. The van der Waals surface area contributed by atoms with Gasteiger partial charge >= 0.3 is 5.97 Å². The van der Waals surface area contributed by atoms with Gasteiger partial charge in [-0.05, 0) is 77.0 Å². The third-order valence-corrected chi connectivity index (χ3v) is 17.0. The molecule has 6 heteroatoms. The summed E-state index contributed by atoms with van der Waals surface area (Å²) in [5.41, 5.74) is 0. The van der Waals surface area contributed by atoms with Crippen LogP contribution in [-0.2, 0) is 14.3 Å². The average molecular weight is 1110 g/mol. The Morgan fingerprint density at radius 1 is 0.342 bits per heavy atom. The second-order valence-corrected chi connectivity index (χ2v) is 24.9. The van der Waals surface area contributed by atoms with Crippen molar-refractivity contribution in [2.24, 2.45) is 0 Å². The van der Waals surface area contributed by atoms with Crippen LogP contribution in [0.2, 0.25) is 0 Å². The molecular weight excluding hydrogens is 971 g/mol. The number of carbonyl (C=O) groups excluding carboxylic acids is 2. The van der Waals surface area contributed by atoms with Gasteiger partial charge in [-0.15, -0.1) is 0 Å². The highest BCUT2D eigenvalue weighted by Crippen LogP contribution is 2.19. The van der Waals surface area contributed by atoms with E-state index in [9.17, 15) is 19.8 Å². The SMILES string of the molecule is CCCCCCCC/C=C\CCCCCCCCCC(=O)OCCCCCCCCCCCCCC/C=C\CCCCCCCCCCCCC(=O)NC(CO)C(O)CCCCCCCCCCCCCCCCCCCCC. The van der Waals surface area contributed by atoms with Crippen molar-refractivity contribution in [2.45, 2.75) is 418 Å². The third kappa shape index (κ3) is 65.4. The number of aliphatic hydroxyl groups excluding tert-OH is 2. The lowest BCUT2D eigenvalue weighted by Crippen LogP contribution is -2.45. The van der Waals surface area contributed by atoms with Gasteiger partial charge in [-0.1, -0.05) is 340 Å². The van der Waals surface area contributed by atoms with E-state index >= 15 is 0 Å². The van der Waals surface area contributed by atoms with Crippen LogP contribution < -0.4 is 5.32 Å². The van der Waals surface area contributed by atoms with Gasteiger partial charge in [-0.2, -0.15) is 0 Å². The Kier molecular flexibility index (Phi) is 67.4. The van der Waals surface area contributed by atoms with Gasteiger partial charge in [0.2, 0.25) is 5.91 Å². The number of esters is 1. The first-order valence-corrected chi connectivity index (χ1v) is 36.1. The second kappa shape index (κ2) is 68.8. The maximum atomic E-state index is 12.5. The van der Waals surface area contributed by atoms with Gasteiger partial charge in [-0.3, -0.25) is 9.59 Å². The Bertz CT molecular complexity index is 1230. The first-order valence-electron chi connectivity index (χ1n) is 36.1. The third-order valence-electron chi connectivity index (χ3n) is 17.0. The van der Waals surface area contributed by atoms with Gasteiger partial charge in [0, 0.05) is 12.8 Å². The lowest BCUT2D eigenvalue weighted by Gasteiger charge is -2.22. The van der Waals surface area contributed by atoms with Crippen LogP contribution in [0.5, 0.6) is 0 Å². The number of hydrogen-bond donors (Lipinski definition) is 3. The van der Waals surface area contributed by atoms with Crippen LogP contribution in [0.3, 0.4) is 0 Å². The fourth-order valence-electron chi connectivity index (χ4n) is 11.5. The Morgan fingerprint density at radius 3 is 0.899 bits per heavy atom. The largest absolute Gasteiger partial charge is 0.466 e. The number of nitrogens with one attached hydrogen (secondary N) is 1. The van der Waals surface area contributed by atoms with Crippen molar-refractivity contribution in [3.05, 3.63) is 24.3 Å². The first kappa shape index (κ1) is 77.3. The lowest BCUT2D eigenvalue weighted by molar-refractivity contribution is -0.143. The van der Waals surface area contributed by atoms with E-state index in [2.05, 4.69) is 43.5 Å². The van der Waals surface area contributed by atoms with Crippen molar-refractivity contribution in [1.82, 2.24) is 5.32 Å². The number of amides is 1. The normalized spacial score (nSPS) is 12.6. The van der Waals surface area contributed by atoms with Crippen LogP contribution in [0.1, 0.15) is 406 Å². The molecule has 0 rings (SSSR count). The molecule has 0 spiro atoms. The monoisotopic (exact) mass is 1110 g/mol. The number of rotatable bonds is 68. The molecule has 1 amide bonds. The molecule has 3 N–H and O–H groups in total. The standard InChI is InChI=1S/C73H141NO5/c1-3-5-7-9-11-13-15-17-19-21-30-34-37-41-45-49-53-57-61-65-71(76)70(69-75)74-72(77)66-62-58-54-50-46-42-38-35-31-28-26-24-22-23-25-27-29-32-36-40-44-48-52-56-60-64-68-79-73(78)67-63-59-55-51-47-43-39-33-20-18-16-14-12-10-8-6-4-2/h18,20,22,24,70-71,75-76H,3-17,19,21,23,25-69H2,1-2H3,(H,74,77)/b20-18-,24-22-. The average Bonchev–Trinajstić information content (AvgIpc) is 3.45. The second-order valence-electron chi connectivity index (χ2n) is 24.9. The van der Waals surface area contributed by atoms with Crippen molar-refractivity contribution < 1.29 is 24.5 Å². The summed E-state index contributed by atoms with van der Waals surface area (Å²) >= 11 is 0. The molecule has 468 valence electrons. The van der Waals surface area contributed by atoms with E-state index in [1.54, 1.807) is 0 Å². The summed E-state index contributed by atoms with van der Waals surface area (Å²) in [6, 6.07) is -0.543. The first-order chi connectivity index (χ1) is 39.0. The molecule has 0 heterocycles. The molecule has 79 heavy (non-hydrogen) atoms. The van der Waals surface area contributed by atoms with Crippen LogP contribution in [0.25, 0.3) is 0 Å². The Hall–Kier alpha value is -1.66. The van der Waals surface area contributed by atoms with Crippen molar-refractivity contribution >= 4 is 11.9 Å². The minimum atomic E-state index is -0.666. The van der Waals surface area contributed by atoms with Crippen molar-refractivity contribution in [3.8, 4) is 0 Å².